The summed E-state index contributed by atoms with van der Waals surface area (Å²) in [7, 11) is -2.20. The number of aliphatic hydroxyl groups excluding tert-OH is 1. The molecular weight excluding hydrogens is 486 g/mol. The van der Waals surface area contributed by atoms with Gasteiger partial charge in [-0.05, 0) is 41.1 Å². The van der Waals surface area contributed by atoms with Gasteiger partial charge in [0.05, 0.1) is 24.1 Å². The van der Waals surface area contributed by atoms with Crippen LogP contribution in [-0.2, 0) is 10.0 Å². The first-order chi connectivity index (χ1) is 14.6. The standard InChI is InChI=1S/C21H26BrN3O5S/c1-14-11-25(15(2)13-26)21(27)18-9-16(22)10-23-20(18)30-19(14)12-24(3)31(28,29)17-7-5-4-6-8-17/h4-10,14-15,19,26H,11-13H2,1-3H3/t14-,15+,19-/m0/s1. The number of carbonyl (C=O) groups is 1. The summed E-state index contributed by atoms with van der Waals surface area (Å²) in [5.41, 5.74) is 0.264. The largest absolute Gasteiger partial charge is 0.472 e. The van der Waals surface area contributed by atoms with Gasteiger partial charge in [0.25, 0.3) is 5.91 Å². The third-order valence-corrected chi connectivity index (χ3v) is 7.65. The molecule has 31 heavy (non-hydrogen) atoms. The number of hydrogen-bond donors (Lipinski definition) is 1. The number of aromatic nitrogens is 1. The van der Waals surface area contributed by atoms with Crippen molar-refractivity contribution in [3.05, 3.63) is 52.6 Å². The minimum absolute atomic E-state index is 0.0745. The first-order valence-corrected chi connectivity index (χ1v) is 12.1. The predicted molar refractivity (Wildman–Crippen MR) is 119 cm³/mol. The Morgan fingerprint density at radius 1 is 1.35 bits per heavy atom. The molecule has 1 N–H and O–H groups in total. The molecule has 0 radical (unpaired) electrons. The third-order valence-electron chi connectivity index (χ3n) is 5.38. The van der Waals surface area contributed by atoms with E-state index in [1.807, 2.05) is 6.92 Å². The Balaban J connectivity index is 1.95. The van der Waals surface area contributed by atoms with Gasteiger partial charge in [0.1, 0.15) is 11.7 Å². The minimum Gasteiger partial charge on any atom is -0.472 e. The lowest BCUT2D eigenvalue weighted by molar-refractivity contribution is 0.0373. The first-order valence-electron chi connectivity index (χ1n) is 9.90. The maximum absolute atomic E-state index is 13.1. The summed E-state index contributed by atoms with van der Waals surface area (Å²) in [6.07, 6.45) is 0.970. The number of carbonyl (C=O) groups excluding carboxylic acids is 1. The number of rotatable bonds is 6. The van der Waals surface area contributed by atoms with Crippen molar-refractivity contribution in [1.29, 1.82) is 0 Å². The van der Waals surface area contributed by atoms with Gasteiger partial charge < -0.3 is 14.7 Å². The Hall–Kier alpha value is -2.01. The van der Waals surface area contributed by atoms with Gasteiger partial charge in [0.15, 0.2) is 0 Å². The Labute approximate surface area is 191 Å². The lowest BCUT2D eigenvalue weighted by Gasteiger charge is -2.37. The molecule has 2 heterocycles. The molecule has 1 aromatic heterocycles. The van der Waals surface area contributed by atoms with E-state index in [1.54, 1.807) is 48.2 Å². The molecule has 3 atom stereocenters. The fourth-order valence-electron chi connectivity index (χ4n) is 3.42. The lowest BCUT2D eigenvalue weighted by atomic mass is 10.0. The van der Waals surface area contributed by atoms with Crippen LogP contribution in [0.2, 0.25) is 0 Å². The second kappa shape index (κ2) is 9.64. The average molecular weight is 512 g/mol. The highest BCUT2D eigenvalue weighted by Crippen LogP contribution is 2.29. The molecular formula is C21H26BrN3O5S. The number of amides is 1. The van der Waals surface area contributed by atoms with Crippen LogP contribution in [0.15, 0.2) is 52.0 Å². The average Bonchev–Trinajstić information content (AvgIpc) is 2.76. The van der Waals surface area contributed by atoms with Crippen molar-refractivity contribution in [3.63, 3.8) is 0 Å². The number of sulfonamides is 1. The third kappa shape index (κ3) is 5.08. The molecule has 0 unspecified atom stereocenters. The van der Waals surface area contributed by atoms with Gasteiger partial charge in [-0.1, -0.05) is 25.1 Å². The number of aliphatic hydroxyl groups is 1. The maximum atomic E-state index is 13.1. The zero-order valence-corrected chi connectivity index (χ0v) is 20.0. The Bertz CT molecular complexity index is 1030. The van der Waals surface area contributed by atoms with Crippen LogP contribution in [0.4, 0.5) is 0 Å². The number of halogens is 1. The highest BCUT2D eigenvalue weighted by molar-refractivity contribution is 9.10. The molecule has 0 saturated carbocycles. The molecule has 3 rings (SSSR count). The molecule has 0 aliphatic carbocycles. The monoisotopic (exact) mass is 511 g/mol. The number of fused-ring (bicyclic) bond motifs is 1. The molecule has 0 saturated heterocycles. The van der Waals surface area contributed by atoms with Gasteiger partial charge in [-0.25, -0.2) is 13.4 Å². The van der Waals surface area contributed by atoms with Crippen molar-refractivity contribution in [3.8, 4) is 5.88 Å². The van der Waals surface area contributed by atoms with E-state index in [1.165, 1.54) is 17.5 Å². The van der Waals surface area contributed by atoms with Gasteiger partial charge in [0.2, 0.25) is 15.9 Å². The molecule has 0 spiro atoms. The van der Waals surface area contributed by atoms with E-state index in [9.17, 15) is 18.3 Å². The van der Waals surface area contributed by atoms with Crippen molar-refractivity contribution < 1.29 is 23.1 Å². The van der Waals surface area contributed by atoms with Crippen LogP contribution in [0, 0.1) is 5.92 Å². The lowest BCUT2D eigenvalue weighted by Crippen LogP contribution is -2.50. The smallest absolute Gasteiger partial charge is 0.259 e. The number of benzene rings is 1. The van der Waals surface area contributed by atoms with Crippen LogP contribution >= 0.6 is 15.9 Å². The van der Waals surface area contributed by atoms with Crippen molar-refractivity contribution >= 4 is 31.9 Å². The molecule has 8 nitrogen and oxygen atoms in total. The highest BCUT2D eigenvalue weighted by atomic mass is 79.9. The van der Waals surface area contributed by atoms with E-state index in [-0.39, 0.29) is 41.3 Å². The topological polar surface area (TPSA) is 100 Å². The Morgan fingerprint density at radius 3 is 2.68 bits per heavy atom. The van der Waals surface area contributed by atoms with Crippen molar-refractivity contribution in [1.82, 2.24) is 14.2 Å². The van der Waals surface area contributed by atoms with Crippen molar-refractivity contribution in [2.75, 3.05) is 26.7 Å². The van der Waals surface area contributed by atoms with Gasteiger partial charge >= 0.3 is 0 Å². The number of hydrogen-bond acceptors (Lipinski definition) is 6. The molecule has 0 bridgehead atoms. The van der Waals surface area contributed by atoms with E-state index in [2.05, 4.69) is 20.9 Å². The number of ether oxygens (including phenoxy) is 1. The van der Waals surface area contributed by atoms with Gasteiger partial charge in [-0.15, -0.1) is 0 Å². The van der Waals surface area contributed by atoms with Crippen LogP contribution in [0.5, 0.6) is 5.88 Å². The summed E-state index contributed by atoms with van der Waals surface area (Å²) in [4.78, 5) is 19.2. The van der Waals surface area contributed by atoms with Crippen molar-refractivity contribution in [2.45, 2.75) is 30.9 Å². The molecule has 1 aromatic carbocycles. The van der Waals surface area contributed by atoms with Crippen LogP contribution < -0.4 is 4.74 Å². The Kier molecular flexibility index (Phi) is 7.35. The summed E-state index contributed by atoms with van der Waals surface area (Å²) in [6, 6.07) is 9.41. The second-order valence-corrected chi connectivity index (χ2v) is 10.7. The van der Waals surface area contributed by atoms with E-state index < -0.39 is 22.2 Å². The molecule has 10 heteroatoms. The summed E-state index contributed by atoms with van der Waals surface area (Å²) >= 11 is 3.33. The maximum Gasteiger partial charge on any atom is 0.259 e. The van der Waals surface area contributed by atoms with Gasteiger partial charge in [-0.2, -0.15) is 4.31 Å². The summed E-state index contributed by atoms with van der Waals surface area (Å²) < 4.78 is 33.9. The predicted octanol–water partition coefficient (Wildman–Crippen LogP) is 2.38. The highest BCUT2D eigenvalue weighted by Gasteiger charge is 2.35. The van der Waals surface area contributed by atoms with E-state index in [0.717, 1.165) is 0 Å². The fourth-order valence-corrected chi connectivity index (χ4v) is 4.95. The van der Waals surface area contributed by atoms with E-state index >= 15 is 0 Å². The molecule has 168 valence electrons. The van der Waals surface area contributed by atoms with Gasteiger partial charge in [-0.3, -0.25) is 4.79 Å². The van der Waals surface area contributed by atoms with Crippen LogP contribution in [0.25, 0.3) is 0 Å². The minimum atomic E-state index is -3.71. The summed E-state index contributed by atoms with van der Waals surface area (Å²) in [5.74, 6) is -0.365. The SMILES string of the molecule is C[C@H](CO)N1C[C@H](C)[C@H](CN(C)S(=O)(=O)c2ccccc2)Oc2ncc(Br)cc2C1=O. The quantitative estimate of drug-likeness (QED) is 0.638. The number of nitrogens with zero attached hydrogens (tertiary/aromatic N) is 3. The molecule has 1 amide bonds. The molecule has 1 aliphatic rings. The fraction of sp³-hybridized carbons (Fsp3) is 0.429. The van der Waals surface area contributed by atoms with Crippen LogP contribution in [-0.4, -0.2) is 72.5 Å². The van der Waals surface area contributed by atoms with Crippen molar-refractivity contribution in [2.24, 2.45) is 5.92 Å². The molecule has 1 aliphatic heterocycles. The van der Waals surface area contributed by atoms with Crippen LogP contribution in [0.3, 0.4) is 0 Å². The summed E-state index contributed by atoms with van der Waals surface area (Å²) in [6.45, 7) is 3.84. The van der Waals surface area contributed by atoms with E-state index in [4.69, 9.17) is 4.74 Å². The number of pyridine rings is 1. The first kappa shape index (κ1) is 23.6. The number of likely N-dealkylation sites (N-methyl/N-ethyl adjacent to an activating group) is 1. The zero-order chi connectivity index (χ0) is 22.8. The molecule has 0 fully saturated rings. The summed E-state index contributed by atoms with van der Waals surface area (Å²) in [5, 5.41) is 9.66. The van der Waals surface area contributed by atoms with Crippen LogP contribution in [0.1, 0.15) is 24.2 Å². The zero-order valence-electron chi connectivity index (χ0n) is 17.6. The second-order valence-electron chi connectivity index (χ2n) is 7.73. The van der Waals surface area contributed by atoms with Gasteiger partial charge in [0, 0.05) is 30.2 Å². The van der Waals surface area contributed by atoms with E-state index in [0.29, 0.717) is 11.0 Å². The normalized spacial score (nSPS) is 20.6. The Morgan fingerprint density at radius 2 is 2.03 bits per heavy atom. The molecule has 2 aromatic rings.